The first-order valence-electron chi connectivity index (χ1n) is 8.72. The molecule has 0 aromatic heterocycles. The lowest BCUT2D eigenvalue weighted by molar-refractivity contribution is -0.120. The number of rotatable bonds is 3. The minimum absolute atomic E-state index is 0.0748. The minimum atomic E-state index is -0.111. The molecule has 1 heterocycles. The average Bonchev–Trinajstić information content (AvgIpc) is 2.64. The zero-order chi connectivity index (χ0) is 17.2. The standard InChI is InChI=1S/C23H21NO/c1-16-11-13-18(14-12-16)22-19-9-5-6-10-21(19)24-23(25)20(22)15-17-7-3-2-4-8-17/h2-14,20,22H,15H2,1H3,(H,24,25). The molecule has 0 fully saturated rings. The zero-order valence-electron chi connectivity index (χ0n) is 14.3. The lowest BCUT2D eigenvalue weighted by atomic mass is 9.74. The van der Waals surface area contributed by atoms with E-state index in [4.69, 9.17) is 0 Å². The van der Waals surface area contributed by atoms with Crippen LogP contribution < -0.4 is 5.32 Å². The molecule has 124 valence electrons. The van der Waals surface area contributed by atoms with E-state index >= 15 is 0 Å². The van der Waals surface area contributed by atoms with Crippen LogP contribution in [0.1, 0.15) is 28.2 Å². The monoisotopic (exact) mass is 327 g/mol. The summed E-state index contributed by atoms with van der Waals surface area (Å²) in [5.74, 6) is 0.0684. The normalized spacial score (nSPS) is 19.2. The van der Waals surface area contributed by atoms with Gasteiger partial charge in [0.05, 0.1) is 5.92 Å². The van der Waals surface area contributed by atoms with Gasteiger partial charge in [-0.25, -0.2) is 0 Å². The van der Waals surface area contributed by atoms with E-state index in [9.17, 15) is 4.79 Å². The molecule has 1 aliphatic rings. The molecule has 2 heteroatoms. The Kier molecular flexibility index (Phi) is 4.10. The molecule has 0 radical (unpaired) electrons. The topological polar surface area (TPSA) is 29.1 Å². The summed E-state index contributed by atoms with van der Waals surface area (Å²) in [6.07, 6.45) is 0.736. The van der Waals surface area contributed by atoms with Crippen LogP contribution in [0.5, 0.6) is 0 Å². The highest BCUT2D eigenvalue weighted by Crippen LogP contribution is 2.41. The third-order valence-electron chi connectivity index (χ3n) is 5.03. The maximum Gasteiger partial charge on any atom is 0.228 e. The molecule has 2 unspecified atom stereocenters. The summed E-state index contributed by atoms with van der Waals surface area (Å²) < 4.78 is 0. The molecule has 3 aromatic rings. The number of para-hydroxylation sites is 1. The van der Waals surface area contributed by atoms with Crippen molar-refractivity contribution in [2.24, 2.45) is 5.92 Å². The average molecular weight is 327 g/mol. The lowest BCUT2D eigenvalue weighted by Gasteiger charge is -2.33. The molecule has 0 saturated carbocycles. The predicted octanol–water partition coefficient (Wildman–Crippen LogP) is 4.94. The highest BCUT2D eigenvalue weighted by atomic mass is 16.2. The molecular formula is C23H21NO. The molecule has 4 rings (SSSR count). The van der Waals surface area contributed by atoms with Gasteiger partial charge in [0.2, 0.25) is 5.91 Å². The van der Waals surface area contributed by atoms with Gasteiger partial charge in [0.1, 0.15) is 0 Å². The largest absolute Gasteiger partial charge is 0.326 e. The second kappa shape index (κ2) is 6.56. The summed E-state index contributed by atoms with van der Waals surface area (Å²) in [6, 6.07) is 27.0. The summed E-state index contributed by atoms with van der Waals surface area (Å²) in [5, 5.41) is 3.10. The van der Waals surface area contributed by atoms with Crippen LogP contribution in [0, 0.1) is 12.8 Å². The Balaban J connectivity index is 1.80. The van der Waals surface area contributed by atoms with E-state index in [-0.39, 0.29) is 17.7 Å². The van der Waals surface area contributed by atoms with Crippen LogP contribution in [0.3, 0.4) is 0 Å². The van der Waals surface area contributed by atoms with Crippen LogP contribution >= 0.6 is 0 Å². The van der Waals surface area contributed by atoms with Gasteiger partial charge in [0.25, 0.3) is 0 Å². The Morgan fingerprint density at radius 3 is 2.28 bits per heavy atom. The molecule has 0 saturated heterocycles. The Bertz CT molecular complexity index is 883. The molecule has 2 nitrogen and oxygen atoms in total. The van der Waals surface area contributed by atoms with Gasteiger partial charge in [0.15, 0.2) is 0 Å². The van der Waals surface area contributed by atoms with Crippen molar-refractivity contribution in [2.45, 2.75) is 19.3 Å². The van der Waals surface area contributed by atoms with Crippen molar-refractivity contribution in [1.29, 1.82) is 0 Å². The molecular weight excluding hydrogens is 306 g/mol. The number of amides is 1. The minimum Gasteiger partial charge on any atom is -0.326 e. The Hall–Kier alpha value is -2.87. The number of carbonyl (C=O) groups is 1. The van der Waals surface area contributed by atoms with Crippen LogP contribution in [0.25, 0.3) is 0 Å². The highest BCUT2D eigenvalue weighted by molar-refractivity contribution is 5.97. The summed E-state index contributed by atoms with van der Waals surface area (Å²) in [5.41, 5.74) is 5.76. The molecule has 25 heavy (non-hydrogen) atoms. The van der Waals surface area contributed by atoms with Crippen LogP contribution in [-0.4, -0.2) is 5.91 Å². The van der Waals surface area contributed by atoms with Crippen LogP contribution in [0.2, 0.25) is 0 Å². The molecule has 1 amide bonds. The van der Waals surface area contributed by atoms with Crippen molar-refractivity contribution >= 4 is 11.6 Å². The van der Waals surface area contributed by atoms with E-state index in [0.717, 1.165) is 12.1 Å². The van der Waals surface area contributed by atoms with E-state index in [0.29, 0.717) is 0 Å². The molecule has 0 aliphatic carbocycles. The summed E-state index contributed by atoms with van der Waals surface area (Å²) in [7, 11) is 0. The summed E-state index contributed by atoms with van der Waals surface area (Å²) >= 11 is 0. The van der Waals surface area contributed by atoms with Gasteiger partial charge >= 0.3 is 0 Å². The first-order chi connectivity index (χ1) is 12.2. The molecule has 1 N–H and O–H groups in total. The fourth-order valence-electron chi connectivity index (χ4n) is 3.74. The molecule has 0 spiro atoms. The Morgan fingerprint density at radius 1 is 0.840 bits per heavy atom. The van der Waals surface area contributed by atoms with Crippen molar-refractivity contribution in [1.82, 2.24) is 0 Å². The highest BCUT2D eigenvalue weighted by Gasteiger charge is 2.36. The Morgan fingerprint density at radius 2 is 1.52 bits per heavy atom. The summed E-state index contributed by atoms with van der Waals surface area (Å²) in [4.78, 5) is 12.9. The van der Waals surface area contributed by atoms with Gasteiger partial charge in [-0.3, -0.25) is 4.79 Å². The van der Waals surface area contributed by atoms with Gasteiger partial charge in [-0.1, -0.05) is 78.4 Å². The number of aryl methyl sites for hydroxylation is 1. The van der Waals surface area contributed by atoms with Crippen molar-refractivity contribution in [3.63, 3.8) is 0 Å². The number of hydrogen-bond acceptors (Lipinski definition) is 1. The van der Waals surface area contributed by atoms with Crippen LogP contribution in [0.4, 0.5) is 5.69 Å². The van der Waals surface area contributed by atoms with Crippen molar-refractivity contribution < 1.29 is 4.79 Å². The maximum absolute atomic E-state index is 12.9. The predicted molar refractivity (Wildman–Crippen MR) is 102 cm³/mol. The SMILES string of the molecule is Cc1ccc(C2c3ccccc3NC(=O)C2Cc2ccccc2)cc1. The van der Waals surface area contributed by atoms with Gasteiger partial charge in [0, 0.05) is 11.6 Å². The molecule has 2 atom stereocenters. The van der Waals surface area contributed by atoms with E-state index in [2.05, 4.69) is 60.8 Å². The quantitative estimate of drug-likeness (QED) is 0.725. The third-order valence-corrected chi connectivity index (χ3v) is 5.03. The number of hydrogen-bond donors (Lipinski definition) is 1. The zero-order valence-corrected chi connectivity index (χ0v) is 14.3. The van der Waals surface area contributed by atoms with Crippen LogP contribution in [-0.2, 0) is 11.2 Å². The second-order valence-corrected chi connectivity index (χ2v) is 6.76. The fourth-order valence-corrected chi connectivity index (χ4v) is 3.74. The van der Waals surface area contributed by atoms with Crippen molar-refractivity contribution in [3.8, 4) is 0 Å². The lowest BCUT2D eigenvalue weighted by Crippen LogP contribution is -2.35. The fraction of sp³-hybridized carbons (Fsp3) is 0.174. The van der Waals surface area contributed by atoms with Gasteiger partial charge in [-0.15, -0.1) is 0 Å². The van der Waals surface area contributed by atoms with Crippen molar-refractivity contribution in [2.75, 3.05) is 5.32 Å². The van der Waals surface area contributed by atoms with Crippen molar-refractivity contribution in [3.05, 3.63) is 101 Å². The van der Waals surface area contributed by atoms with E-state index in [1.54, 1.807) is 0 Å². The van der Waals surface area contributed by atoms with E-state index < -0.39 is 0 Å². The van der Waals surface area contributed by atoms with Gasteiger partial charge in [-0.2, -0.15) is 0 Å². The number of fused-ring (bicyclic) bond motifs is 1. The number of benzene rings is 3. The smallest absolute Gasteiger partial charge is 0.228 e. The van der Waals surface area contributed by atoms with Gasteiger partial charge in [-0.05, 0) is 36.1 Å². The van der Waals surface area contributed by atoms with E-state index in [1.807, 2.05) is 30.3 Å². The number of anilines is 1. The molecule has 3 aromatic carbocycles. The maximum atomic E-state index is 12.9. The Labute approximate surface area is 148 Å². The second-order valence-electron chi connectivity index (χ2n) is 6.76. The molecule has 0 bridgehead atoms. The first-order valence-corrected chi connectivity index (χ1v) is 8.72. The van der Waals surface area contributed by atoms with Crippen LogP contribution in [0.15, 0.2) is 78.9 Å². The van der Waals surface area contributed by atoms with Gasteiger partial charge < -0.3 is 5.32 Å². The third kappa shape index (κ3) is 3.08. The molecule has 1 aliphatic heterocycles. The summed E-state index contributed by atoms with van der Waals surface area (Å²) in [6.45, 7) is 2.09. The first kappa shape index (κ1) is 15.6. The van der Waals surface area contributed by atoms with E-state index in [1.165, 1.54) is 22.3 Å². The number of nitrogens with one attached hydrogen (secondary N) is 1. The number of carbonyl (C=O) groups excluding carboxylic acids is 1.